The molecule has 2 N–H and O–H groups in total. The van der Waals surface area contributed by atoms with Gasteiger partial charge in [-0.1, -0.05) is 0 Å². The molecule has 0 aromatic heterocycles. The molecular weight excluding hydrogens is 190 g/mol. The maximum absolute atomic E-state index is 11.6. The molecule has 0 aliphatic carbocycles. The van der Waals surface area contributed by atoms with E-state index in [9.17, 15) is 4.79 Å². The zero-order valence-corrected chi connectivity index (χ0v) is 9.46. The highest BCUT2D eigenvalue weighted by molar-refractivity contribution is 5.78. The predicted molar refractivity (Wildman–Crippen MR) is 59.6 cm³/mol. The number of hydrogen-bond acceptors (Lipinski definition) is 3. The monoisotopic (exact) mass is 211 g/mol. The Bertz CT molecular complexity index is 226. The number of nitrogens with zero attached hydrogens (tertiary/aromatic N) is 1. The van der Waals surface area contributed by atoms with Gasteiger partial charge >= 0.3 is 0 Å². The van der Waals surface area contributed by atoms with Gasteiger partial charge in [-0.25, -0.2) is 0 Å². The Labute approximate surface area is 91.4 Å². The minimum Gasteiger partial charge on any atom is -0.359 e. The molecule has 2 unspecified atom stereocenters. The Balaban J connectivity index is 1.88. The summed E-state index contributed by atoms with van der Waals surface area (Å²) in [7, 11) is 1.73. The summed E-state index contributed by atoms with van der Waals surface area (Å²) in [5.74, 6) is 0.426. The minimum absolute atomic E-state index is 0.212. The zero-order valence-electron chi connectivity index (χ0n) is 9.46. The molecule has 2 aliphatic rings. The number of amides is 1. The van der Waals surface area contributed by atoms with E-state index in [2.05, 4.69) is 15.5 Å². The fourth-order valence-corrected chi connectivity index (χ4v) is 2.71. The maximum Gasteiger partial charge on any atom is 0.224 e. The summed E-state index contributed by atoms with van der Waals surface area (Å²) in [6, 6.07) is 0.664. The molecule has 0 saturated carbocycles. The molecule has 0 radical (unpaired) electrons. The lowest BCUT2D eigenvalue weighted by Crippen LogP contribution is -2.47. The summed E-state index contributed by atoms with van der Waals surface area (Å²) >= 11 is 0. The van der Waals surface area contributed by atoms with Crippen LogP contribution in [0.5, 0.6) is 0 Å². The van der Waals surface area contributed by atoms with Crippen LogP contribution in [-0.2, 0) is 4.79 Å². The molecule has 2 heterocycles. The Morgan fingerprint density at radius 3 is 3.00 bits per heavy atom. The number of nitrogens with one attached hydrogen (secondary N) is 2. The maximum atomic E-state index is 11.6. The first-order valence-electron chi connectivity index (χ1n) is 5.97. The highest BCUT2D eigenvalue weighted by Crippen LogP contribution is 2.20. The average molecular weight is 211 g/mol. The van der Waals surface area contributed by atoms with Gasteiger partial charge in [0.2, 0.25) is 5.91 Å². The summed E-state index contributed by atoms with van der Waals surface area (Å²) in [6.07, 6.45) is 3.45. The molecule has 0 bridgehead atoms. The molecule has 2 rings (SSSR count). The lowest BCUT2D eigenvalue weighted by molar-refractivity contribution is -0.126. The van der Waals surface area contributed by atoms with Gasteiger partial charge in [-0.05, 0) is 32.4 Å². The highest BCUT2D eigenvalue weighted by Gasteiger charge is 2.30. The lowest BCUT2D eigenvalue weighted by Gasteiger charge is -2.35. The van der Waals surface area contributed by atoms with E-state index in [0.717, 1.165) is 32.5 Å². The van der Waals surface area contributed by atoms with Gasteiger partial charge in [0.15, 0.2) is 0 Å². The number of rotatable bonds is 2. The van der Waals surface area contributed by atoms with Crippen LogP contribution in [0.2, 0.25) is 0 Å². The summed E-state index contributed by atoms with van der Waals surface area (Å²) in [5.41, 5.74) is 0. The second-order valence-corrected chi connectivity index (χ2v) is 4.59. The van der Waals surface area contributed by atoms with Crippen molar-refractivity contribution in [3.8, 4) is 0 Å². The van der Waals surface area contributed by atoms with Crippen molar-refractivity contribution in [3.05, 3.63) is 0 Å². The van der Waals surface area contributed by atoms with Crippen molar-refractivity contribution in [1.82, 2.24) is 15.5 Å². The number of carbonyl (C=O) groups is 1. The quantitative estimate of drug-likeness (QED) is 0.665. The number of carbonyl (C=O) groups excluding carboxylic acids is 1. The van der Waals surface area contributed by atoms with E-state index in [1.165, 1.54) is 13.0 Å². The van der Waals surface area contributed by atoms with Crippen molar-refractivity contribution in [2.45, 2.75) is 25.3 Å². The first-order chi connectivity index (χ1) is 7.31. The van der Waals surface area contributed by atoms with Gasteiger partial charge < -0.3 is 10.6 Å². The molecule has 0 spiro atoms. The summed E-state index contributed by atoms with van der Waals surface area (Å²) in [6.45, 7) is 4.35. The molecule has 86 valence electrons. The molecule has 4 nitrogen and oxygen atoms in total. The minimum atomic E-state index is 0.212. The van der Waals surface area contributed by atoms with Gasteiger partial charge in [-0.15, -0.1) is 0 Å². The molecule has 0 aromatic carbocycles. The third-order valence-corrected chi connectivity index (χ3v) is 3.62. The third kappa shape index (κ3) is 2.49. The van der Waals surface area contributed by atoms with Gasteiger partial charge in [0, 0.05) is 26.2 Å². The van der Waals surface area contributed by atoms with Crippen LogP contribution in [0.3, 0.4) is 0 Å². The summed E-state index contributed by atoms with van der Waals surface area (Å²) in [4.78, 5) is 14.1. The molecule has 2 aliphatic heterocycles. The van der Waals surface area contributed by atoms with E-state index in [1.807, 2.05) is 0 Å². The van der Waals surface area contributed by atoms with Crippen molar-refractivity contribution in [2.24, 2.45) is 5.92 Å². The fourth-order valence-electron chi connectivity index (χ4n) is 2.71. The second kappa shape index (κ2) is 4.94. The molecule has 2 fully saturated rings. The Hall–Kier alpha value is -0.610. The summed E-state index contributed by atoms with van der Waals surface area (Å²) in [5, 5.41) is 6.15. The largest absolute Gasteiger partial charge is 0.359 e. The van der Waals surface area contributed by atoms with E-state index in [0.29, 0.717) is 6.04 Å². The predicted octanol–water partition coefficient (Wildman–Crippen LogP) is -0.194. The Kier molecular flexibility index (Phi) is 3.59. The van der Waals surface area contributed by atoms with E-state index >= 15 is 0 Å². The normalized spacial score (nSPS) is 32.9. The van der Waals surface area contributed by atoms with Gasteiger partial charge in [0.1, 0.15) is 0 Å². The van der Waals surface area contributed by atoms with Crippen LogP contribution >= 0.6 is 0 Å². The van der Waals surface area contributed by atoms with Crippen LogP contribution in [0.4, 0.5) is 0 Å². The van der Waals surface area contributed by atoms with Crippen LogP contribution in [-0.4, -0.2) is 50.1 Å². The number of piperidine rings is 1. The molecular formula is C11H21N3O. The number of hydrogen-bond donors (Lipinski definition) is 2. The summed E-state index contributed by atoms with van der Waals surface area (Å²) < 4.78 is 0. The van der Waals surface area contributed by atoms with Crippen LogP contribution in [0.15, 0.2) is 0 Å². The lowest BCUT2D eigenvalue weighted by atomic mass is 9.95. The molecule has 0 aromatic rings. The van der Waals surface area contributed by atoms with E-state index < -0.39 is 0 Å². The van der Waals surface area contributed by atoms with Gasteiger partial charge in [-0.2, -0.15) is 0 Å². The van der Waals surface area contributed by atoms with Crippen LogP contribution in [0.25, 0.3) is 0 Å². The SMILES string of the molecule is CNC(=O)C1CCCN(C2CCNC2)C1. The standard InChI is InChI=1S/C11H21N3O/c1-12-11(15)9-3-2-6-14(8-9)10-4-5-13-7-10/h9-10,13H,2-8H2,1H3,(H,12,15). The molecule has 15 heavy (non-hydrogen) atoms. The van der Waals surface area contributed by atoms with Crippen LogP contribution in [0, 0.1) is 5.92 Å². The number of likely N-dealkylation sites (tertiary alicyclic amines) is 1. The molecule has 4 heteroatoms. The topological polar surface area (TPSA) is 44.4 Å². The fraction of sp³-hybridized carbons (Fsp3) is 0.909. The Morgan fingerprint density at radius 1 is 1.47 bits per heavy atom. The van der Waals surface area contributed by atoms with Gasteiger partial charge in [-0.3, -0.25) is 9.69 Å². The molecule has 2 atom stereocenters. The third-order valence-electron chi connectivity index (χ3n) is 3.62. The van der Waals surface area contributed by atoms with Crippen molar-refractivity contribution >= 4 is 5.91 Å². The van der Waals surface area contributed by atoms with Gasteiger partial charge in [0.05, 0.1) is 5.92 Å². The van der Waals surface area contributed by atoms with Crippen molar-refractivity contribution in [2.75, 3.05) is 33.2 Å². The van der Waals surface area contributed by atoms with E-state index in [4.69, 9.17) is 0 Å². The molecule has 1 amide bonds. The first-order valence-corrected chi connectivity index (χ1v) is 5.97. The van der Waals surface area contributed by atoms with E-state index in [1.54, 1.807) is 7.05 Å². The van der Waals surface area contributed by atoms with Crippen molar-refractivity contribution in [3.63, 3.8) is 0 Å². The van der Waals surface area contributed by atoms with Crippen molar-refractivity contribution in [1.29, 1.82) is 0 Å². The first kappa shape index (κ1) is 10.9. The van der Waals surface area contributed by atoms with Gasteiger partial charge in [0.25, 0.3) is 0 Å². The highest BCUT2D eigenvalue weighted by atomic mass is 16.1. The van der Waals surface area contributed by atoms with Crippen molar-refractivity contribution < 1.29 is 4.79 Å². The second-order valence-electron chi connectivity index (χ2n) is 4.59. The van der Waals surface area contributed by atoms with E-state index in [-0.39, 0.29) is 11.8 Å². The zero-order chi connectivity index (χ0) is 10.7. The molecule has 2 saturated heterocycles. The van der Waals surface area contributed by atoms with Crippen LogP contribution < -0.4 is 10.6 Å². The Morgan fingerprint density at radius 2 is 2.33 bits per heavy atom. The average Bonchev–Trinajstić information content (AvgIpc) is 2.82. The smallest absolute Gasteiger partial charge is 0.224 e. The van der Waals surface area contributed by atoms with Crippen LogP contribution in [0.1, 0.15) is 19.3 Å².